The number of carbonyl (C=O) groups excluding carboxylic acids is 1. The molecule has 1 aromatic carbocycles. The molecule has 0 saturated carbocycles. The van der Waals surface area contributed by atoms with Crippen LogP contribution < -0.4 is 15.5 Å². The maximum absolute atomic E-state index is 12.6. The monoisotopic (exact) mass is 338 g/mol. The molecule has 0 spiro atoms. The fourth-order valence-electron chi connectivity index (χ4n) is 3.19. The van der Waals surface area contributed by atoms with Gasteiger partial charge in [-0.1, -0.05) is 30.3 Å². The lowest BCUT2D eigenvalue weighted by atomic mass is 9.95. The number of anilines is 1. The van der Waals surface area contributed by atoms with Crippen LogP contribution in [0, 0.1) is 0 Å². The van der Waals surface area contributed by atoms with E-state index in [9.17, 15) is 4.79 Å². The average Bonchev–Trinajstić information content (AvgIpc) is 2.67. The molecule has 1 aliphatic heterocycles. The smallest absolute Gasteiger partial charge is 0.255 e. The molecule has 1 amide bonds. The summed E-state index contributed by atoms with van der Waals surface area (Å²) in [6.45, 7) is 2.55. The third-order valence-corrected chi connectivity index (χ3v) is 4.58. The van der Waals surface area contributed by atoms with E-state index in [1.807, 2.05) is 61.5 Å². The van der Waals surface area contributed by atoms with Gasteiger partial charge in [0.15, 0.2) is 0 Å². The molecule has 25 heavy (non-hydrogen) atoms. The van der Waals surface area contributed by atoms with Crippen LogP contribution in [0.15, 0.2) is 42.5 Å². The van der Waals surface area contributed by atoms with Gasteiger partial charge in [0, 0.05) is 38.8 Å². The van der Waals surface area contributed by atoms with Crippen molar-refractivity contribution >= 4 is 11.7 Å². The standard InChI is InChI=1S/C20H26N4O/c1-24(2)19-17(20(25)22-13-15-7-4-3-5-8-15)10-11-18(23-19)16-9-6-12-21-14-16/h3-5,7-8,10-11,16,21H,6,9,12-14H2,1-2H3,(H,22,25). The van der Waals surface area contributed by atoms with Gasteiger partial charge in [0.05, 0.1) is 5.56 Å². The lowest BCUT2D eigenvalue weighted by Gasteiger charge is -2.24. The predicted molar refractivity (Wildman–Crippen MR) is 101 cm³/mol. The first-order valence-corrected chi connectivity index (χ1v) is 8.86. The second-order valence-electron chi connectivity index (χ2n) is 6.71. The van der Waals surface area contributed by atoms with Crippen LogP contribution in [0.2, 0.25) is 0 Å². The number of rotatable bonds is 5. The normalized spacial score (nSPS) is 17.1. The molecule has 1 saturated heterocycles. The van der Waals surface area contributed by atoms with Crippen LogP contribution in [0.1, 0.15) is 40.4 Å². The number of nitrogens with zero attached hydrogens (tertiary/aromatic N) is 2. The lowest BCUT2D eigenvalue weighted by molar-refractivity contribution is 0.0951. The third-order valence-electron chi connectivity index (χ3n) is 4.58. The van der Waals surface area contributed by atoms with Crippen molar-refractivity contribution in [3.05, 3.63) is 59.3 Å². The number of hydrogen-bond donors (Lipinski definition) is 2. The Morgan fingerprint density at radius 2 is 2.04 bits per heavy atom. The Bertz CT molecular complexity index is 709. The highest BCUT2D eigenvalue weighted by Crippen LogP contribution is 2.25. The maximum Gasteiger partial charge on any atom is 0.255 e. The second-order valence-corrected chi connectivity index (χ2v) is 6.71. The molecule has 5 heteroatoms. The Balaban J connectivity index is 1.76. The number of pyridine rings is 1. The first-order valence-electron chi connectivity index (χ1n) is 8.86. The molecular weight excluding hydrogens is 312 g/mol. The summed E-state index contributed by atoms with van der Waals surface area (Å²) in [5.41, 5.74) is 2.77. The van der Waals surface area contributed by atoms with E-state index in [4.69, 9.17) is 4.98 Å². The van der Waals surface area contributed by atoms with E-state index in [0.29, 0.717) is 18.0 Å². The van der Waals surface area contributed by atoms with Gasteiger partial charge in [0.25, 0.3) is 5.91 Å². The summed E-state index contributed by atoms with van der Waals surface area (Å²) in [5, 5.41) is 6.42. The summed E-state index contributed by atoms with van der Waals surface area (Å²) in [6.07, 6.45) is 2.31. The van der Waals surface area contributed by atoms with Crippen LogP contribution in [0.4, 0.5) is 5.82 Å². The van der Waals surface area contributed by atoms with Crippen molar-refractivity contribution in [3.63, 3.8) is 0 Å². The van der Waals surface area contributed by atoms with Crippen LogP contribution in [-0.2, 0) is 6.54 Å². The molecule has 1 aliphatic rings. The number of nitrogens with one attached hydrogen (secondary N) is 2. The van der Waals surface area contributed by atoms with Gasteiger partial charge in [-0.2, -0.15) is 0 Å². The zero-order valence-corrected chi connectivity index (χ0v) is 15.0. The van der Waals surface area contributed by atoms with E-state index < -0.39 is 0 Å². The molecule has 132 valence electrons. The van der Waals surface area contributed by atoms with Crippen molar-refractivity contribution in [1.82, 2.24) is 15.6 Å². The van der Waals surface area contributed by atoms with Gasteiger partial charge in [-0.15, -0.1) is 0 Å². The zero-order chi connectivity index (χ0) is 17.6. The fourth-order valence-corrected chi connectivity index (χ4v) is 3.19. The van der Waals surface area contributed by atoms with Crippen molar-refractivity contribution in [3.8, 4) is 0 Å². The molecule has 0 aliphatic carbocycles. The van der Waals surface area contributed by atoms with Crippen LogP contribution in [0.3, 0.4) is 0 Å². The van der Waals surface area contributed by atoms with E-state index in [0.717, 1.165) is 36.6 Å². The molecule has 0 bridgehead atoms. The van der Waals surface area contributed by atoms with Crippen molar-refractivity contribution in [2.75, 3.05) is 32.1 Å². The van der Waals surface area contributed by atoms with Gasteiger partial charge >= 0.3 is 0 Å². The van der Waals surface area contributed by atoms with E-state index in [1.165, 1.54) is 6.42 Å². The van der Waals surface area contributed by atoms with Crippen LogP contribution in [-0.4, -0.2) is 38.1 Å². The van der Waals surface area contributed by atoms with Gasteiger partial charge < -0.3 is 15.5 Å². The Hall–Kier alpha value is -2.40. The highest BCUT2D eigenvalue weighted by atomic mass is 16.1. The minimum absolute atomic E-state index is 0.0895. The molecule has 1 fully saturated rings. The van der Waals surface area contributed by atoms with Gasteiger partial charge in [0.2, 0.25) is 0 Å². The Morgan fingerprint density at radius 3 is 2.72 bits per heavy atom. The number of piperidine rings is 1. The van der Waals surface area contributed by atoms with Crippen LogP contribution >= 0.6 is 0 Å². The Labute approximate surface area is 149 Å². The molecule has 2 heterocycles. The summed E-state index contributed by atoms with van der Waals surface area (Å²) in [7, 11) is 3.86. The second kappa shape index (κ2) is 8.12. The Kier molecular flexibility index (Phi) is 5.66. The van der Waals surface area contributed by atoms with E-state index >= 15 is 0 Å². The molecule has 1 atom stereocenters. The largest absolute Gasteiger partial charge is 0.362 e. The summed E-state index contributed by atoms with van der Waals surface area (Å²) >= 11 is 0. The number of carbonyl (C=O) groups is 1. The average molecular weight is 338 g/mol. The van der Waals surface area contributed by atoms with Crippen LogP contribution in [0.5, 0.6) is 0 Å². The van der Waals surface area contributed by atoms with E-state index in [2.05, 4.69) is 10.6 Å². The molecule has 0 radical (unpaired) electrons. The molecule has 2 aromatic rings. The topological polar surface area (TPSA) is 57.3 Å². The van der Waals surface area contributed by atoms with Crippen molar-refractivity contribution in [1.29, 1.82) is 0 Å². The minimum Gasteiger partial charge on any atom is -0.362 e. The SMILES string of the molecule is CN(C)c1nc(C2CCCNC2)ccc1C(=O)NCc1ccccc1. The maximum atomic E-state index is 12.6. The van der Waals surface area contributed by atoms with Crippen molar-refractivity contribution < 1.29 is 4.79 Å². The highest BCUT2D eigenvalue weighted by molar-refractivity contribution is 5.98. The fraction of sp³-hybridized carbons (Fsp3) is 0.400. The van der Waals surface area contributed by atoms with Crippen LogP contribution in [0.25, 0.3) is 0 Å². The summed E-state index contributed by atoms with van der Waals surface area (Å²) < 4.78 is 0. The third kappa shape index (κ3) is 4.37. The first kappa shape index (κ1) is 17.4. The Morgan fingerprint density at radius 1 is 1.24 bits per heavy atom. The molecule has 1 unspecified atom stereocenters. The lowest BCUT2D eigenvalue weighted by Crippen LogP contribution is -2.30. The minimum atomic E-state index is -0.0895. The number of amides is 1. The predicted octanol–water partition coefficient (Wildman–Crippen LogP) is 2.54. The van der Waals surface area contributed by atoms with Gasteiger partial charge in [-0.25, -0.2) is 4.98 Å². The summed E-state index contributed by atoms with van der Waals surface area (Å²) in [6, 6.07) is 13.8. The van der Waals surface area contributed by atoms with Gasteiger partial charge in [0.1, 0.15) is 5.82 Å². The molecule has 5 nitrogen and oxygen atoms in total. The van der Waals surface area contributed by atoms with Crippen molar-refractivity contribution in [2.45, 2.75) is 25.3 Å². The van der Waals surface area contributed by atoms with Crippen molar-refractivity contribution in [2.24, 2.45) is 0 Å². The molecule has 1 aromatic heterocycles. The molecule has 2 N–H and O–H groups in total. The van der Waals surface area contributed by atoms with Gasteiger partial charge in [-0.3, -0.25) is 4.79 Å². The number of benzene rings is 1. The first-order chi connectivity index (χ1) is 12.1. The van der Waals surface area contributed by atoms with E-state index in [-0.39, 0.29) is 5.91 Å². The number of aromatic nitrogens is 1. The zero-order valence-electron chi connectivity index (χ0n) is 15.0. The summed E-state index contributed by atoms with van der Waals surface area (Å²) in [5.74, 6) is 1.07. The molecular formula is C20H26N4O. The number of hydrogen-bond acceptors (Lipinski definition) is 4. The highest BCUT2D eigenvalue weighted by Gasteiger charge is 2.20. The summed E-state index contributed by atoms with van der Waals surface area (Å²) in [4.78, 5) is 19.4. The molecule has 3 rings (SSSR count). The van der Waals surface area contributed by atoms with Gasteiger partial charge in [-0.05, 0) is 37.1 Å². The quantitative estimate of drug-likeness (QED) is 0.880. The van der Waals surface area contributed by atoms with E-state index in [1.54, 1.807) is 0 Å².